The van der Waals surface area contributed by atoms with Crippen LogP contribution in [-0.2, 0) is 4.79 Å². The molecule has 1 heterocycles. The molecule has 5 nitrogen and oxygen atoms in total. The predicted octanol–water partition coefficient (Wildman–Crippen LogP) is 1.16. The van der Waals surface area contributed by atoms with Crippen molar-refractivity contribution in [3.8, 4) is 0 Å². The lowest BCUT2D eigenvalue weighted by atomic mass is 10.1. The number of carbonyl (C=O) groups is 1. The molecule has 2 atom stereocenters. The van der Waals surface area contributed by atoms with E-state index in [9.17, 15) is 15.0 Å². The number of amides is 1. The molecule has 5 heteroatoms. The van der Waals surface area contributed by atoms with E-state index < -0.39 is 18.1 Å². The molecule has 1 aromatic heterocycles. The Kier molecular flexibility index (Phi) is 4.33. The maximum atomic E-state index is 11.7. The average molecular weight is 261 g/mol. The van der Waals surface area contributed by atoms with E-state index in [0.717, 1.165) is 0 Å². The van der Waals surface area contributed by atoms with E-state index in [4.69, 9.17) is 4.42 Å². The molecule has 0 saturated carbocycles. The molecule has 2 aromatic rings. The van der Waals surface area contributed by atoms with Crippen molar-refractivity contribution in [2.24, 2.45) is 0 Å². The Morgan fingerprint density at radius 1 is 1.16 bits per heavy atom. The van der Waals surface area contributed by atoms with Crippen LogP contribution in [0.2, 0.25) is 0 Å². The summed E-state index contributed by atoms with van der Waals surface area (Å²) in [6.45, 7) is -0.0176. The first-order chi connectivity index (χ1) is 9.18. The van der Waals surface area contributed by atoms with Crippen LogP contribution >= 0.6 is 0 Å². The van der Waals surface area contributed by atoms with Crippen LogP contribution in [-0.4, -0.2) is 22.7 Å². The third-order valence-corrected chi connectivity index (χ3v) is 2.70. The molecule has 3 N–H and O–H groups in total. The number of carbonyl (C=O) groups excluding carboxylic acids is 1. The summed E-state index contributed by atoms with van der Waals surface area (Å²) in [5.74, 6) is -0.189. The number of benzene rings is 1. The highest BCUT2D eigenvalue weighted by atomic mass is 16.4. The molecule has 0 aliphatic rings. The van der Waals surface area contributed by atoms with Gasteiger partial charge in [0, 0.05) is 0 Å². The zero-order valence-electron chi connectivity index (χ0n) is 10.2. The normalized spacial score (nSPS) is 13.8. The molecule has 1 amide bonds. The molecule has 2 rings (SSSR count). The molecule has 0 spiro atoms. The molecular weight excluding hydrogens is 246 g/mol. The zero-order valence-corrected chi connectivity index (χ0v) is 10.2. The minimum atomic E-state index is -1.25. The van der Waals surface area contributed by atoms with Gasteiger partial charge in [-0.3, -0.25) is 4.79 Å². The Morgan fingerprint density at radius 2 is 1.89 bits per heavy atom. The van der Waals surface area contributed by atoms with Crippen molar-refractivity contribution in [3.05, 3.63) is 60.1 Å². The van der Waals surface area contributed by atoms with Gasteiger partial charge < -0.3 is 19.9 Å². The summed E-state index contributed by atoms with van der Waals surface area (Å²) in [5.41, 5.74) is 0.507. The number of hydrogen-bond donors (Lipinski definition) is 3. The molecule has 100 valence electrons. The Labute approximate surface area is 110 Å². The molecule has 0 fully saturated rings. The second-order valence-electron chi connectivity index (χ2n) is 4.09. The van der Waals surface area contributed by atoms with Crippen molar-refractivity contribution in [2.45, 2.75) is 12.2 Å². The van der Waals surface area contributed by atoms with E-state index in [-0.39, 0.29) is 6.54 Å². The Hall–Kier alpha value is -2.11. The van der Waals surface area contributed by atoms with Crippen molar-refractivity contribution in [1.29, 1.82) is 0 Å². The van der Waals surface area contributed by atoms with Crippen molar-refractivity contribution < 1.29 is 19.4 Å². The molecule has 2 unspecified atom stereocenters. The summed E-state index contributed by atoms with van der Waals surface area (Å²) >= 11 is 0. The first-order valence-electron chi connectivity index (χ1n) is 5.90. The number of aliphatic hydroxyl groups is 2. The first kappa shape index (κ1) is 13.3. The third-order valence-electron chi connectivity index (χ3n) is 2.70. The first-order valence-corrected chi connectivity index (χ1v) is 5.90. The van der Waals surface area contributed by atoms with E-state index in [2.05, 4.69) is 5.32 Å². The van der Waals surface area contributed by atoms with Gasteiger partial charge in [-0.25, -0.2) is 0 Å². The maximum Gasteiger partial charge on any atom is 0.253 e. The minimum Gasteiger partial charge on any atom is -0.467 e. The topological polar surface area (TPSA) is 82.7 Å². The van der Waals surface area contributed by atoms with Gasteiger partial charge in [-0.15, -0.1) is 0 Å². The summed E-state index contributed by atoms with van der Waals surface area (Å²) in [4.78, 5) is 11.7. The van der Waals surface area contributed by atoms with Gasteiger partial charge >= 0.3 is 0 Å². The van der Waals surface area contributed by atoms with Crippen LogP contribution in [0.15, 0.2) is 53.1 Å². The molecule has 0 radical (unpaired) electrons. The van der Waals surface area contributed by atoms with Gasteiger partial charge in [-0.1, -0.05) is 30.3 Å². The van der Waals surface area contributed by atoms with E-state index in [1.54, 1.807) is 42.5 Å². The molecule has 19 heavy (non-hydrogen) atoms. The van der Waals surface area contributed by atoms with Crippen LogP contribution in [0.4, 0.5) is 0 Å². The monoisotopic (exact) mass is 261 g/mol. The van der Waals surface area contributed by atoms with Gasteiger partial charge in [-0.2, -0.15) is 0 Å². The van der Waals surface area contributed by atoms with Gasteiger partial charge in [0.15, 0.2) is 6.10 Å². The Bertz CT molecular complexity index is 510. The molecule has 0 aliphatic heterocycles. The summed E-state index contributed by atoms with van der Waals surface area (Å²) in [5, 5.41) is 22.0. The largest absolute Gasteiger partial charge is 0.467 e. The van der Waals surface area contributed by atoms with Crippen molar-refractivity contribution in [2.75, 3.05) is 6.54 Å². The van der Waals surface area contributed by atoms with Gasteiger partial charge in [0.05, 0.1) is 12.8 Å². The van der Waals surface area contributed by atoms with Crippen molar-refractivity contribution in [1.82, 2.24) is 5.32 Å². The van der Waals surface area contributed by atoms with Gasteiger partial charge in [0.25, 0.3) is 5.91 Å². The van der Waals surface area contributed by atoms with Crippen LogP contribution in [0.5, 0.6) is 0 Å². The number of furan rings is 1. The quantitative estimate of drug-likeness (QED) is 0.754. The summed E-state index contributed by atoms with van der Waals surface area (Å²) in [6, 6.07) is 11.9. The summed E-state index contributed by atoms with van der Waals surface area (Å²) in [6.07, 6.45) is -0.731. The lowest BCUT2D eigenvalue weighted by Gasteiger charge is -2.13. The third kappa shape index (κ3) is 3.43. The molecule has 0 aliphatic carbocycles. The van der Waals surface area contributed by atoms with Crippen LogP contribution in [0.3, 0.4) is 0 Å². The van der Waals surface area contributed by atoms with E-state index in [1.807, 2.05) is 0 Å². The van der Waals surface area contributed by atoms with Crippen LogP contribution in [0.1, 0.15) is 23.5 Å². The Morgan fingerprint density at radius 3 is 2.53 bits per heavy atom. The van der Waals surface area contributed by atoms with Crippen LogP contribution < -0.4 is 5.32 Å². The second kappa shape index (κ2) is 6.17. The zero-order chi connectivity index (χ0) is 13.7. The predicted molar refractivity (Wildman–Crippen MR) is 68.1 cm³/mol. The fourth-order valence-corrected chi connectivity index (χ4v) is 1.66. The maximum absolute atomic E-state index is 11.7. The highest BCUT2D eigenvalue weighted by molar-refractivity contribution is 5.81. The lowest BCUT2D eigenvalue weighted by Crippen LogP contribution is -2.32. The number of aliphatic hydroxyl groups excluding tert-OH is 2. The smallest absolute Gasteiger partial charge is 0.253 e. The van der Waals surface area contributed by atoms with Gasteiger partial charge in [0.1, 0.15) is 11.9 Å². The standard InChI is InChI=1S/C14H15NO4/c16-11(12-7-4-8-19-12)9-15-14(18)13(17)10-5-2-1-3-6-10/h1-8,11,13,16-17H,9H2,(H,15,18). The number of nitrogens with one attached hydrogen (secondary N) is 1. The fraction of sp³-hybridized carbons (Fsp3) is 0.214. The number of hydrogen-bond acceptors (Lipinski definition) is 4. The molecule has 1 aromatic carbocycles. The van der Waals surface area contributed by atoms with Crippen molar-refractivity contribution in [3.63, 3.8) is 0 Å². The van der Waals surface area contributed by atoms with E-state index in [0.29, 0.717) is 11.3 Å². The number of rotatable bonds is 5. The van der Waals surface area contributed by atoms with Crippen molar-refractivity contribution >= 4 is 5.91 Å². The van der Waals surface area contributed by atoms with Crippen LogP contribution in [0.25, 0.3) is 0 Å². The summed E-state index contributed by atoms with van der Waals surface area (Å²) in [7, 11) is 0. The summed E-state index contributed by atoms with van der Waals surface area (Å²) < 4.78 is 5.01. The fourth-order valence-electron chi connectivity index (χ4n) is 1.66. The SMILES string of the molecule is O=C(NCC(O)c1ccco1)C(O)c1ccccc1. The minimum absolute atomic E-state index is 0.0176. The second-order valence-corrected chi connectivity index (χ2v) is 4.09. The highest BCUT2D eigenvalue weighted by Crippen LogP contribution is 2.14. The molecule has 0 bridgehead atoms. The van der Waals surface area contributed by atoms with E-state index >= 15 is 0 Å². The van der Waals surface area contributed by atoms with Gasteiger partial charge in [-0.05, 0) is 17.7 Å². The Balaban J connectivity index is 1.88. The van der Waals surface area contributed by atoms with Crippen LogP contribution in [0, 0.1) is 0 Å². The average Bonchev–Trinajstić information content (AvgIpc) is 2.98. The van der Waals surface area contributed by atoms with Gasteiger partial charge in [0.2, 0.25) is 0 Å². The van der Waals surface area contributed by atoms with E-state index in [1.165, 1.54) is 6.26 Å². The highest BCUT2D eigenvalue weighted by Gasteiger charge is 2.18. The molecular formula is C14H15NO4. The molecule has 0 saturated heterocycles. The lowest BCUT2D eigenvalue weighted by molar-refractivity contribution is -0.130.